The summed E-state index contributed by atoms with van der Waals surface area (Å²) in [5, 5.41) is -0.833. The predicted molar refractivity (Wildman–Crippen MR) is 83.3 cm³/mol. The van der Waals surface area contributed by atoms with Gasteiger partial charge in [-0.3, -0.25) is 4.72 Å². The van der Waals surface area contributed by atoms with E-state index in [-0.39, 0.29) is 0 Å². The molecule has 0 saturated carbocycles. The molecule has 0 saturated heterocycles. The fourth-order valence-corrected chi connectivity index (χ4v) is 3.15. The normalized spacial score (nSPS) is 13.3. The Kier molecular flexibility index (Phi) is 6.25. The van der Waals surface area contributed by atoms with Crippen molar-refractivity contribution in [3.05, 3.63) is 24.0 Å². The summed E-state index contributed by atoms with van der Waals surface area (Å²) in [7, 11) is -8.23. The number of hydrogen-bond donors (Lipinski definition) is 3. The molecule has 0 aromatic heterocycles. The molecule has 0 spiro atoms. The van der Waals surface area contributed by atoms with Crippen LogP contribution in [0.15, 0.2) is 23.1 Å². The molecule has 24 heavy (non-hydrogen) atoms. The number of anilines is 1. The van der Waals surface area contributed by atoms with Gasteiger partial charge < -0.3 is 5.73 Å². The Morgan fingerprint density at radius 2 is 1.79 bits per heavy atom. The second-order valence-electron chi connectivity index (χ2n) is 5.22. The SMILES string of the molecule is CC(C)S(=O)(=O)Nc1ccc(S(=O)(=O)NCC(F)(F)CN)cc1F. The first-order chi connectivity index (χ1) is 10.8. The molecule has 0 amide bonds. The average molecular weight is 389 g/mol. The van der Waals surface area contributed by atoms with Crippen LogP contribution in [-0.2, 0) is 20.0 Å². The second-order valence-corrected chi connectivity index (χ2v) is 9.23. The van der Waals surface area contributed by atoms with Crippen LogP contribution in [0.4, 0.5) is 18.9 Å². The minimum Gasteiger partial charge on any atom is -0.325 e. The van der Waals surface area contributed by atoms with Crippen LogP contribution in [-0.4, -0.2) is 41.1 Å². The number of nitrogens with one attached hydrogen (secondary N) is 2. The highest BCUT2D eigenvalue weighted by atomic mass is 32.2. The van der Waals surface area contributed by atoms with Gasteiger partial charge in [0.25, 0.3) is 5.92 Å². The van der Waals surface area contributed by atoms with E-state index in [0.29, 0.717) is 6.07 Å². The van der Waals surface area contributed by atoms with Crippen LogP contribution in [0, 0.1) is 5.82 Å². The summed E-state index contributed by atoms with van der Waals surface area (Å²) >= 11 is 0. The Bertz CT molecular complexity index is 796. The molecule has 0 heterocycles. The molecule has 7 nitrogen and oxygen atoms in total. The number of hydrogen-bond acceptors (Lipinski definition) is 5. The Morgan fingerprint density at radius 1 is 1.21 bits per heavy atom. The Labute approximate surface area is 138 Å². The molecule has 12 heteroatoms. The van der Waals surface area contributed by atoms with Gasteiger partial charge in [-0.15, -0.1) is 0 Å². The number of alkyl halides is 2. The Morgan fingerprint density at radius 3 is 2.25 bits per heavy atom. The number of halogens is 3. The summed E-state index contributed by atoms with van der Waals surface area (Å²) in [6.45, 7) is 0.455. The molecule has 1 aromatic carbocycles. The van der Waals surface area contributed by atoms with Gasteiger partial charge in [0.2, 0.25) is 20.0 Å². The van der Waals surface area contributed by atoms with Gasteiger partial charge in [0.15, 0.2) is 0 Å². The summed E-state index contributed by atoms with van der Waals surface area (Å²) in [5.74, 6) is -4.61. The molecule has 4 N–H and O–H groups in total. The monoisotopic (exact) mass is 389 g/mol. The van der Waals surface area contributed by atoms with Crippen LogP contribution in [0.1, 0.15) is 13.8 Å². The second kappa shape index (κ2) is 7.25. The van der Waals surface area contributed by atoms with Gasteiger partial charge in [-0.2, -0.15) is 0 Å². The number of benzene rings is 1. The quantitative estimate of drug-likeness (QED) is 0.609. The lowest BCUT2D eigenvalue weighted by Gasteiger charge is -2.15. The molecule has 0 fully saturated rings. The van der Waals surface area contributed by atoms with Crippen LogP contribution >= 0.6 is 0 Å². The van der Waals surface area contributed by atoms with Crippen molar-refractivity contribution in [2.24, 2.45) is 5.73 Å². The smallest absolute Gasteiger partial charge is 0.273 e. The molecule has 0 atom stereocenters. The van der Waals surface area contributed by atoms with Crippen molar-refractivity contribution >= 4 is 25.7 Å². The molecule has 0 aliphatic carbocycles. The predicted octanol–water partition coefficient (Wildman–Crippen LogP) is 0.848. The molecule has 0 aliphatic rings. The molecule has 138 valence electrons. The van der Waals surface area contributed by atoms with E-state index < -0.39 is 60.7 Å². The Hall–Kier alpha value is -1.37. The van der Waals surface area contributed by atoms with E-state index in [1.165, 1.54) is 13.8 Å². The zero-order chi connectivity index (χ0) is 18.8. The minimum absolute atomic E-state index is 0.449. The van der Waals surface area contributed by atoms with Crippen LogP contribution in [0.5, 0.6) is 0 Å². The van der Waals surface area contributed by atoms with Crippen molar-refractivity contribution in [3.8, 4) is 0 Å². The van der Waals surface area contributed by atoms with Gasteiger partial charge in [-0.25, -0.2) is 34.7 Å². The van der Waals surface area contributed by atoms with E-state index in [4.69, 9.17) is 5.73 Å². The maximum absolute atomic E-state index is 13.9. The van der Waals surface area contributed by atoms with E-state index in [1.807, 2.05) is 4.72 Å². The molecule has 0 bridgehead atoms. The zero-order valence-electron chi connectivity index (χ0n) is 12.9. The lowest BCUT2D eigenvalue weighted by Crippen LogP contribution is -2.41. The van der Waals surface area contributed by atoms with Crippen LogP contribution in [0.2, 0.25) is 0 Å². The van der Waals surface area contributed by atoms with Crippen molar-refractivity contribution in [1.29, 1.82) is 0 Å². The van der Waals surface area contributed by atoms with Gasteiger partial charge in [0.05, 0.1) is 28.9 Å². The summed E-state index contributed by atoms with van der Waals surface area (Å²) in [6, 6.07) is 2.32. The summed E-state index contributed by atoms with van der Waals surface area (Å²) in [4.78, 5) is -0.625. The number of rotatable bonds is 8. The third kappa shape index (κ3) is 5.33. The first kappa shape index (κ1) is 20.7. The van der Waals surface area contributed by atoms with E-state index in [2.05, 4.69) is 0 Å². The lowest BCUT2D eigenvalue weighted by molar-refractivity contribution is 0.0170. The van der Waals surface area contributed by atoms with Gasteiger partial charge in [0, 0.05) is 0 Å². The van der Waals surface area contributed by atoms with Gasteiger partial charge in [-0.05, 0) is 32.0 Å². The molecular weight excluding hydrogens is 371 g/mol. The summed E-state index contributed by atoms with van der Waals surface area (Å²) in [6.07, 6.45) is 0. The Balaban J connectivity index is 3.02. The van der Waals surface area contributed by atoms with E-state index in [1.54, 1.807) is 4.72 Å². The molecule has 0 aliphatic heterocycles. The highest BCUT2D eigenvalue weighted by molar-refractivity contribution is 7.93. The fourth-order valence-electron chi connectivity index (χ4n) is 1.37. The number of nitrogens with two attached hydrogens (primary N) is 1. The maximum Gasteiger partial charge on any atom is 0.273 e. The van der Waals surface area contributed by atoms with E-state index in [0.717, 1.165) is 12.1 Å². The van der Waals surface area contributed by atoms with Crippen molar-refractivity contribution < 1.29 is 30.0 Å². The molecule has 1 aromatic rings. The molecular formula is C12H18F3N3O4S2. The van der Waals surface area contributed by atoms with Crippen molar-refractivity contribution in [1.82, 2.24) is 4.72 Å². The largest absolute Gasteiger partial charge is 0.325 e. The van der Waals surface area contributed by atoms with Gasteiger partial charge >= 0.3 is 0 Å². The van der Waals surface area contributed by atoms with Crippen molar-refractivity contribution in [2.45, 2.75) is 29.9 Å². The topological polar surface area (TPSA) is 118 Å². The third-order valence-corrected chi connectivity index (χ3v) is 6.09. The first-order valence-corrected chi connectivity index (χ1v) is 9.72. The fraction of sp³-hybridized carbons (Fsp3) is 0.500. The van der Waals surface area contributed by atoms with Gasteiger partial charge in [-0.1, -0.05) is 0 Å². The zero-order valence-corrected chi connectivity index (χ0v) is 14.5. The summed E-state index contributed by atoms with van der Waals surface area (Å²) < 4.78 is 90.6. The number of sulfonamides is 2. The van der Waals surface area contributed by atoms with E-state index >= 15 is 0 Å². The minimum atomic E-state index is -4.41. The average Bonchev–Trinajstić information content (AvgIpc) is 2.47. The molecule has 1 rings (SSSR count). The third-order valence-electron chi connectivity index (χ3n) is 2.94. The van der Waals surface area contributed by atoms with Crippen molar-refractivity contribution in [2.75, 3.05) is 17.8 Å². The first-order valence-electron chi connectivity index (χ1n) is 6.69. The van der Waals surface area contributed by atoms with Gasteiger partial charge in [0.1, 0.15) is 5.82 Å². The molecule has 0 radical (unpaired) electrons. The van der Waals surface area contributed by atoms with Crippen LogP contribution < -0.4 is 15.2 Å². The van der Waals surface area contributed by atoms with Crippen LogP contribution in [0.3, 0.4) is 0 Å². The molecule has 0 unspecified atom stereocenters. The van der Waals surface area contributed by atoms with Crippen molar-refractivity contribution in [3.63, 3.8) is 0 Å². The lowest BCUT2D eigenvalue weighted by atomic mass is 10.3. The summed E-state index contributed by atoms with van der Waals surface area (Å²) in [5.41, 5.74) is 4.34. The standard InChI is InChI=1S/C12H18F3N3O4S2/c1-8(2)23(19,20)18-11-4-3-9(5-10(11)13)24(21,22)17-7-12(14,15)6-16/h3-5,8,17-18H,6-7,16H2,1-2H3. The highest BCUT2D eigenvalue weighted by Gasteiger charge is 2.29. The van der Waals surface area contributed by atoms with Crippen LogP contribution in [0.25, 0.3) is 0 Å². The highest BCUT2D eigenvalue weighted by Crippen LogP contribution is 2.21. The maximum atomic E-state index is 13.9. The van der Waals surface area contributed by atoms with E-state index in [9.17, 15) is 30.0 Å².